The summed E-state index contributed by atoms with van der Waals surface area (Å²) in [6.45, 7) is 3.22. The Morgan fingerprint density at radius 2 is 2.04 bits per heavy atom. The molecule has 0 unspecified atom stereocenters. The van der Waals surface area contributed by atoms with E-state index in [0.29, 0.717) is 41.7 Å². The van der Waals surface area contributed by atoms with Crippen molar-refractivity contribution in [1.82, 2.24) is 20.3 Å². The zero-order valence-corrected chi connectivity index (χ0v) is 16.0. The van der Waals surface area contributed by atoms with Crippen LogP contribution in [0.3, 0.4) is 0 Å². The van der Waals surface area contributed by atoms with Crippen LogP contribution in [-0.2, 0) is 0 Å². The lowest BCUT2D eigenvalue weighted by molar-refractivity contribution is 0.950. The van der Waals surface area contributed by atoms with Crippen LogP contribution in [0, 0.1) is 22.7 Å². The van der Waals surface area contributed by atoms with Gasteiger partial charge in [-0.05, 0) is 30.0 Å². The number of aromatic nitrogens is 3. The molecule has 0 aromatic carbocycles. The molecule has 28 heavy (non-hydrogen) atoms. The smallest absolute Gasteiger partial charge is 0.223 e. The van der Waals surface area contributed by atoms with Crippen LogP contribution < -0.4 is 16.0 Å². The van der Waals surface area contributed by atoms with Crippen LogP contribution in [0.15, 0.2) is 46.7 Å². The second kappa shape index (κ2) is 9.40. The van der Waals surface area contributed by atoms with Crippen molar-refractivity contribution in [3.05, 3.63) is 58.0 Å². The summed E-state index contributed by atoms with van der Waals surface area (Å²) in [7, 11) is 0. The molecule has 0 aliphatic carbocycles. The van der Waals surface area contributed by atoms with E-state index in [9.17, 15) is 5.26 Å². The summed E-state index contributed by atoms with van der Waals surface area (Å²) in [6.07, 6.45) is 4.03. The molecule has 2 aromatic heterocycles. The molecule has 0 fully saturated rings. The maximum absolute atomic E-state index is 9.57. The van der Waals surface area contributed by atoms with Gasteiger partial charge in [-0.25, -0.2) is 15.0 Å². The molecule has 1 aliphatic rings. The van der Waals surface area contributed by atoms with Crippen LogP contribution >= 0.6 is 11.8 Å². The van der Waals surface area contributed by atoms with Crippen molar-refractivity contribution in [2.75, 3.05) is 23.7 Å². The van der Waals surface area contributed by atoms with Gasteiger partial charge >= 0.3 is 0 Å². The molecular weight excluding hydrogens is 372 g/mol. The van der Waals surface area contributed by atoms with Crippen LogP contribution in [0.1, 0.15) is 24.6 Å². The number of hydrogen-bond donors (Lipinski definition) is 3. The highest BCUT2D eigenvalue weighted by Crippen LogP contribution is 2.31. The monoisotopic (exact) mass is 390 g/mol. The molecule has 8 nitrogen and oxygen atoms in total. The van der Waals surface area contributed by atoms with Crippen LogP contribution in [0.4, 0.5) is 11.8 Å². The van der Waals surface area contributed by atoms with Gasteiger partial charge in [0.25, 0.3) is 0 Å². The highest BCUT2D eigenvalue weighted by atomic mass is 32.2. The minimum Gasteiger partial charge on any atom is -0.368 e. The molecule has 3 N–H and O–H groups in total. The Morgan fingerprint density at radius 3 is 2.71 bits per heavy atom. The molecule has 0 bridgehead atoms. The summed E-state index contributed by atoms with van der Waals surface area (Å²) in [4.78, 5) is 12.8. The minimum atomic E-state index is 0.451. The van der Waals surface area contributed by atoms with Gasteiger partial charge in [0.2, 0.25) is 5.95 Å². The van der Waals surface area contributed by atoms with Crippen molar-refractivity contribution in [3.8, 4) is 12.1 Å². The van der Waals surface area contributed by atoms with Crippen molar-refractivity contribution >= 4 is 29.1 Å². The molecular formula is C19H18N8S. The molecule has 3 heterocycles. The summed E-state index contributed by atoms with van der Waals surface area (Å²) in [6, 6.07) is 9.45. The van der Waals surface area contributed by atoms with Gasteiger partial charge in [0, 0.05) is 31.2 Å². The highest BCUT2D eigenvalue weighted by molar-refractivity contribution is 8.06. The molecule has 2 aromatic rings. The van der Waals surface area contributed by atoms with Crippen LogP contribution in [-0.4, -0.2) is 28.0 Å². The van der Waals surface area contributed by atoms with Gasteiger partial charge in [0.15, 0.2) is 0 Å². The van der Waals surface area contributed by atoms with Crippen molar-refractivity contribution in [3.63, 3.8) is 0 Å². The summed E-state index contributed by atoms with van der Waals surface area (Å²) in [5.74, 6) is 1.14. The number of thioether (sulfide) groups is 1. The van der Waals surface area contributed by atoms with E-state index in [0.717, 1.165) is 17.1 Å². The lowest BCUT2D eigenvalue weighted by Crippen LogP contribution is -2.16. The fraction of sp³-hybridized carbons (Fsp3) is 0.211. The molecule has 0 spiro atoms. The average molecular weight is 390 g/mol. The SMILES string of the molecule is CCC1=CSC(=C(C#N)c2ccnc(NCCNc3ccc(C#N)cn3)n2)N1. The first-order chi connectivity index (χ1) is 13.7. The molecule has 9 heteroatoms. The Balaban J connectivity index is 1.58. The van der Waals surface area contributed by atoms with Gasteiger partial charge < -0.3 is 16.0 Å². The van der Waals surface area contributed by atoms with Crippen molar-refractivity contribution in [1.29, 1.82) is 10.5 Å². The maximum Gasteiger partial charge on any atom is 0.223 e. The third-order valence-corrected chi connectivity index (χ3v) is 4.78. The summed E-state index contributed by atoms with van der Waals surface area (Å²) >= 11 is 1.50. The lowest BCUT2D eigenvalue weighted by Gasteiger charge is -2.09. The Bertz CT molecular complexity index is 982. The van der Waals surface area contributed by atoms with E-state index >= 15 is 0 Å². The molecule has 0 amide bonds. The van der Waals surface area contributed by atoms with Gasteiger partial charge in [-0.2, -0.15) is 10.5 Å². The standard InChI is InChI=1S/C19H18N8S/c1-2-14-12-28-18(26-14)15(10-21)16-5-6-23-19(27-16)24-8-7-22-17-4-3-13(9-20)11-25-17/h3-6,11-12,26H,2,7-8H2,1H3,(H,22,25)(H,23,24,27). The van der Waals surface area contributed by atoms with Crippen LogP contribution in [0.25, 0.3) is 5.57 Å². The first kappa shape index (κ1) is 19.2. The number of nitrogens with zero attached hydrogens (tertiary/aromatic N) is 5. The van der Waals surface area contributed by atoms with Gasteiger partial charge in [0.1, 0.15) is 23.5 Å². The Hall–Kier alpha value is -3.56. The lowest BCUT2D eigenvalue weighted by atomic mass is 10.2. The molecule has 140 valence electrons. The van der Waals surface area contributed by atoms with E-state index in [-0.39, 0.29) is 0 Å². The first-order valence-corrected chi connectivity index (χ1v) is 9.56. The van der Waals surface area contributed by atoms with E-state index < -0.39 is 0 Å². The van der Waals surface area contributed by atoms with Gasteiger partial charge in [-0.15, -0.1) is 0 Å². The zero-order chi connectivity index (χ0) is 19.8. The fourth-order valence-electron chi connectivity index (χ4n) is 2.36. The topological polar surface area (TPSA) is 122 Å². The number of nitrogens with one attached hydrogen (secondary N) is 3. The number of rotatable bonds is 7. The van der Waals surface area contributed by atoms with Crippen molar-refractivity contribution in [2.45, 2.75) is 13.3 Å². The molecule has 3 rings (SSSR count). The molecule has 0 radical (unpaired) electrons. The normalized spacial score (nSPS) is 14.3. The predicted molar refractivity (Wildman–Crippen MR) is 110 cm³/mol. The summed E-state index contributed by atoms with van der Waals surface area (Å²) < 4.78 is 0. The fourth-order valence-corrected chi connectivity index (χ4v) is 3.31. The minimum absolute atomic E-state index is 0.451. The van der Waals surface area contributed by atoms with Gasteiger partial charge in [-0.3, -0.25) is 0 Å². The summed E-state index contributed by atoms with van der Waals surface area (Å²) in [5.41, 5.74) is 2.67. The number of hydrogen-bond acceptors (Lipinski definition) is 9. The molecule has 0 saturated heterocycles. The third kappa shape index (κ3) is 4.78. The van der Waals surface area contributed by atoms with E-state index in [1.807, 2.05) is 11.5 Å². The largest absolute Gasteiger partial charge is 0.368 e. The predicted octanol–water partition coefficient (Wildman–Crippen LogP) is 3.05. The number of anilines is 2. The van der Waals surface area contributed by atoms with E-state index in [4.69, 9.17) is 5.26 Å². The van der Waals surface area contributed by atoms with Crippen LogP contribution in [0.2, 0.25) is 0 Å². The molecule has 0 atom stereocenters. The second-order valence-corrected chi connectivity index (χ2v) is 6.60. The quantitative estimate of drug-likeness (QED) is 0.483. The number of nitriles is 2. The molecule has 1 aliphatic heterocycles. The van der Waals surface area contributed by atoms with Gasteiger partial charge in [-0.1, -0.05) is 18.7 Å². The van der Waals surface area contributed by atoms with Crippen molar-refractivity contribution < 1.29 is 0 Å². The number of pyridine rings is 1. The summed E-state index contributed by atoms with van der Waals surface area (Å²) in [5, 5.41) is 30.7. The first-order valence-electron chi connectivity index (χ1n) is 8.68. The van der Waals surface area contributed by atoms with E-state index in [1.54, 1.807) is 24.4 Å². The zero-order valence-electron chi connectivity index (χ0n) is 15.2. The van der Waals surface area contributed by atoms with Crippen molar-refractivity contribution in [2.24, 2.45) is 0 Å². The Labute approximate surface area is 167 Å². The second-order valence-electron chi connectivity index (χ2n) is 5.72. The number of allylic oxidation sites excluding steroid dienone is 2. The van der Waals surface area contributed by atoms with E-state index in [1.165, 1.54) is 18.0 Å². The van der Waals surface area contributed by atoms with Gasteiger partial charge in [0.05, 0.1) is 16.3 Å². The average Bonchev–Trinajstić information content (AvgIpc) is 3.21. The third-order valence-electron chi connectivity index (χ3n) is 3.83. The maximum atomic E-state index is 9.57. The molecule has 0 saturated carbocycles. The van der Waals surface area contributed by atoms with Crippen LogP contribution in [0.5, 0.6) is 0 Å². The highest BCUT2D eigenvalue weighted by Gasteiger charge is 2.16. The van der Waals surface area contributed by atoms with E-state index in [2.05, 4.69) is 43.9 Å². The Morgan fingerprint density at radius 1 is 1.18 bits per heavy atom. The Kier molecular flexibility index (Phi) is 6.45.